The maximum Gasteiger partial charge on any atom is 0.125 e. The standard InChI is InChI=1S/C9H8N2S2/c12-8-7-5-2-1-3-6(5)13-9(7)11-4-10-8/h4H,1-3H2,(H,10,11,12)/p-1. The predicted octanol–water partition coefficient (Wildman–Crippen LogP) is 2.09. The van der Waals surface area contributed by atoms with Crippen molar-refractivity contribution in [1.29, 1.82) is 0 Å². The Bertz CT molecular complexity index is 476. The van der Waals surface area contributed by atoms with Crippen molar-refractivity contribution >= 4 is 34.2 Å². The first-order valence-electron chi connectivity index (χ1n) is 4.28. The zero-order chi connectivity index (χ0) is 8.84. The molecular formula is C9H7N2S2-. The fourth-order valence-electron chi connectivity index (χ4n) is 1.90. The van der Waals surface area contributed by atoms with Gasteiger partial charge in [0.25, 0.3) is 0 Å². The Hall–Kier alpha value is -0.740. The molecule has 0 unspecified atom stereocenters. The number of aromatic nitrogens is 2. The monoisotopic (exact) mass is 207 g/mol. The van der Waals surface area contributed by atoms with Crippen molar-refractivity contribution in [1.82, 2.24) is 9.97 Å². The largest absolute Gasteiger partial charge is 0.759 e. The summed E-state index contributed by atoms with van der Waals surface area (Å²) < 4.78 is 0. The Morgan fingerprint density at radius 1 is 1.31 bits per heavy atom. The molecule has 0 bridgehead atoms. The molecule has 0 N–H and O–H groups in total. The second kappa shape index (κ2) is 2.62. The number of fused-ring (bicyclic) bond motifs is 3. The Labute approximate surface area is 85.4 Å². The highest BCUT2D eigenvalue weighted by Gasteiger charge is 2.17. The first kappa shape index (κ1) is 7.64. The van der Waals surface area contributed by atoms with E-state index in [-0.39, 0.29) is 0 Å². The van der Waals surface area contributed by atoms with Gasteiger partial charge in [0, 0.05) is 10.3 Å². The zero-order valence-electron chi connectivity index (χ0n) is 6.91. The van der Waals surface area contributed by atoms with Crippen LogP contribution in [0.4, 0.5) is 0 Å². The van der Waals surface area contributed by atoms with Crippen LogP contribution in [0.25, 0.3) is 10.2 Å². The topological polar surface area (TPSA) is 25.8 Å². The molecule has 1 aliphatic carbocycles. The number of thiophene rings is 1. The molecule has 0 aromatic carbocycles. The summed E-state index contributed by atoms with van der Waals surface area (Å²) in [5, 5.41) is 1.87. The van der Waals surface area contributed by atoms with E-state index in [2.05, 4.69) is 9.97 Å². The number of nitrogens with zero attached hydrogens (tertiary/aromatic N) is 2. The molecule has 4 heteroatoms. The van der Waals surface area contributed by atoms with Gasteiger partial charge in [-0.1, -0.05) is 5.03 Å². The van der Waals surface area contributed by atoms with E-state index >= 15 is 0 Å². The molecule has 0 spiro atoms. The van der Waals surface area contributed by atoms with Gasteiger partial charge < -0.3 is 12.6 Å². The zero-order valence-corrected chi connectivity index (χ0v) is 8.54. The van der Waals surface area contributed by atoms with Crippen LogP contribution in [0.3, 0.4) is 0 Å². The van der Waals surface area contributed by atoms with E-state index in [0.29, 0.717) is 0 Å². The van der Waals surface area contributed by atoms with Gasteiger partial charge in [0.15, 0.2) is 0 Å². The smallest absolute Gasteiger partial charge is 0.125 e. The Kier molecular flexibility index (Phi) is 1.54. The molecule has 66 valence electrons. The van der Waals surface area contributed by atoms with Crippen molar-refractivity contribution in [2.75, 3.05) is 0 Å². The lowest BCUT2D eigenvalue weighted by molar-refractivity contribution is 0.915. The second-order valence-electron chi connectivity index (χ2n) is 3.22. The first-order chi connectivity index (χ1) is 6.36. The van der Waals surface area contributed by atoms with Crippen molar-refractivity contribution in [3.63, 3.8) is 0 Å². The maximum absolute atomic E-state index is 5.20. The summed E-state index contributed by atoms with van der Waals surface area (Å²) >= 11 is 6.99. The second-order valence-corrected chi connectivity index (χ2v) is 4.69. The molecule has 0 atom stereocenters. The van der Waals surface area contributed by atoms with Gasteiger partial charge in [0.05, 0.1) is 0 Å². The molecule has 0 aliphatic heterocycles. The average Bonchev–Trinajstić information content (AvgIpc) is 2.62. The summed E-state index contributed by atoms with van der Waals surface area (Å²) in [7, 11) is 0. The van der Waals surface area contributed by atoms with Crippen LogP contribution >= 0.6 is 11.3 Å². The summed E-state index contributed by atoms with van der Waals surface area (Å²) in [5.41, 5.74) is 1.42. The van der Waals surface area contributed by atoms with E-state index in [1.165, 1.54) is 23.3 Å². The van der Waals surface area contributed by atoms with E-state index in [4.69, 9.17) is 12.6 Å². The van der Waals surface area contributed by atoms with E-state index in [9.17, 15) is 0 Å². The molecule has 2 aromatic rings. The minimum absolute atomic E-state index is 0.726. The van der Waals surface area contributed by atoms with Crippen molar-refractivity contribution < 1.29 is 0 Å². The predicted molar refractivity (Wildman–Crippen MR) is 55.1 cm³/mol. The maximum atomic E-state index is 5.20. The van der Waals surface area contributed by atoms with Gasteiger partial charge in [-0.3, -0.25) is 4.98 Å². The van der Waals surface area contributed by atoms with Gasteiger partial charge in [-0.25, -0.2) is 4.98 Å². The van der Waals surface area contributed by atoms with Crippen molar-refractivity contribution in [2.24, 2.45) is 0 Å². The fraction of sp³-hybridized carbons (Fsp3) is 0.333. The molecule has 2 nitrogen and oxygen atoms in total. The first-order valence-corrected chi connectivity index (χ1v) is 5.51. The third-order valence-electron chi connectivity index (χ3n) is 2.47. The van der Waals surface area contributed by atoms with Crippen LogP contribution in [0.1, 0.15) is 16.9 Å². The molecule has 2 aromatic heterocycles. The van der Waals surface area contributed by atoms with Crippen LogP contribution in [0.5, 0.6) is 0 Å². The molecule has 2 heterocycles. The SMILES string of the molecule is [S-]c1ncnc2sc3c(c12)CCC3. The van der Waals surface area contributed by atoms with E-state index in [1.807, 2.05) is 0 Å². The summed E-state index contributed by atoms with van der Waals surface area (Å²) in [6, 6.07) is 0. The summed E-state index contributed by atoms with van der Waals surface area (Å²) in [4.78, 5) is 10.9. The van der Waals surface area contributed by atoms with Gasteiger partial charge in [0.2, 0.25) is 0 Å². The third-order valence-corrected chi connectivity index (χ3v) is 3.98. The van der Waals surface area contributed by atoms with Crippen molar-refractivity contribution in [3.8, 4) is 0 Å². The third kappa shape index (κ3) is 0.988. The number of hydrogen-bond donors (Lipinski definition) is 0. The molecule has 3 rings (SSSR count). The lowest BCUT2D eigenvalue weighted by Crippen LogP contribution is -1.85. The molecule has 0 amide bonds. The minimum Gasteiger partial charge on any atom is -0.759 e. The van der Waals surface area contributed by atoms with Crippen molar-refractivity contribution in [2.45, 2.75) is 24.3 Å². The number of hydrogen-bond acceptors (Lipinski definition) is 4. The highest BCUT2D eigenvalue weighted by molar-refractivity contribution is 7.59. The molecular weight excluding hydrogens is 200 g/mol. The molecule has 1 aliphatic rings. The quantitative estimate of drug-likeness (QED) is 0.488. The van der Waals surface area contributed by atoms with Crippen LogP contribution in [-0.4, -0.2) is 9.97 Å². The van der Waals surface area contributed by atoms with E-state index in [1.54, 1.807) is 17.7 Å². The molecule has 0 saturated carbocycles. The highest BCUT2D eigenvalue weighted by atomic mass is 32.1. The Morgan fingerprint density at radius 2 is 2.23 bits per heavy atom. The van der Waals surface area contributed by atoms with E-state index in [0.717, 1.165) is 21.7 Å². The normalized spacial score (nSPS) is 15.1. The van der Waals surface area contributed by atoms with Gasteiger partial charge in [-0.2, -0.15) is 0 Å². The van der Waals surface area contributed by atoms with Gasteiger partial charge >= 0.3 is 0 Å². The van der Waals surface area contributed by atoms with Crippen LogP contribution < -0.4 is 0 Å². The molecule has 13 heavy (non-hydrogen) atoms. The van der Waals surface area contributed by atoms with Crippen LogP contribution in [0, 0.1) is 0 Å². The average molecular weight is 207 g/mol. The summed E-state index contributed by atoms with van der Waals surface area (Å²) in [6.07, 6.45) is 5.19. The summed E-state index contributed by atoms with van der Waals surface area (Å²) in [5.74, 6) is 0. The Balaban J connectivity index is 2.46. The highest BCUT2D eigenvalue weighted by Crippen LogP contribution is 2.37. The van der Waals surface area contributed by atoms with Crippen LogP contribution in [0.15, 0.2) is 11.4 Å². The van der Waals surface area contributed by atoms with Gasteiger partial charge in [-0.15, -0.1) is 11.3 Å². The van der Waals surface area contributed by atoms with Crippen molar-refractivity contribution in [3.05, 3.63) is 16.8 Å². The summed E-state index contributed by atoms with van der Waals surface area (Å²) in [6.45, 7) is 0. The number of rotatable bonds is 0. The van der Waals surface area contributed by atoms with Crippen LogP contribution in [0.2, 0.25) is 0 Å². The van der Waals surface area contributed by atoms with Gasteiger partial charge in [0.1, 0.15) is 11.2 Å². The fourth-order valence-corrected chi connectivity index (χ4v) is 3.46. The Morgan fingerprint density at radius 3 is 3.15 bits per heavy atom. The number of aryl methyl sites for hydroxylation is 2. The lowest BCUT2D eigenvalue weighted by atomic mass is 10.2. The molecule has 0 saturated heterocycles. The minimum atomic E-state index is 0.726. The van der Waals surface area contributed by atoms with E-state index < -0.39 is 0 Å². The van der Waals surface area contributed by atoms with Gasteiger partial charge in [-0.05, 0) is 24.8 Å². The lowest BCUT2D eigenvalue weighted by Gasteiger charge is -2.05. The molecule has 0 fully saturated rings. The molecule has 0 radical (unpaired) electrons. The van der Waals surface area contributed by atoms with Crippen LogP contribution in [-0.2, 0) is 25.5 Å².